The molecule has 1 rings (SSSR count). The van der Waals surface area contributed by atoms with E-state index in [1.807, 2.05) is 4.90 Å². The number of nitrogens with zero attached hydrogens (tertiary/aromatic N) is 2. The summed E-state index contributed by atoms with van der Waals surface area (Å²) in [5, 5.41) is 0. The van der Waals surface area contributed by atoms with E-state index >= 15 is 0 Å². The molecule has 1 atom stereocenters. The maximum Gasteiger partial charge on any atom is 0.219 e. The van der Waals surface area contributed by atoms with Gasteiger partial charge in [-0.2, -0.15) is 0 Å². The molecular weight excluding hydrogens is 190 g/mol. The highest BCUT2D eigenvalue weighted by molar-refractivity contribution is 5.73. The SMILES string of the molecule is CC(=O)N1CCCN(CC(C)CN)CC1. The third-order valence-corrected chi connectivity index (χ3v) is 3.01. The van der Waals surface area contributed by atoms with Crippen LogP contribution in [0.3, 0.4) is 0 Å². The van der Waals surface area contributed by atoms with Gasteiger partial charge in [0.1, 0.15) is 0 Å². The molecule has 0 aromatic heterocycles. The molecule has 1 fully saturated rings. The van der Waals surface area contributed by atoms with Crippen LogP contribution in [0, 0.1) is 5.92 Å². The minimum atomic E-state index is 0.198. The van der Waals surface area contributed by atoms with Crippen molar-refractivity contribution >= 4 is 5.91 Å². The molecule has 0 saturated carbocycles. The van der Waals surface area contributed by atoms with E-state index in [-0.39, 0.29) is 5.91 Å². The fourth-order valence-corrected chi connectivity index (χ4v) is 1.98. The Kier molecular flexibility index (Phi) is 5.05. The maximum atomic E-state index is 11.2. The number of hydrogen-bond acceptors (Lipinski definition) is 3. The lowest BCUT2D eigenvalue weighted by Crippen LogP contribution is -2.36. The first-order valence-corrected chi connectivity index (χ1v) is 5.81. The summed E-state index contributed by atoms with van der Waals surface area (Å²) in [5.41, 5.74) is 5.61. The Morgan fingerprint density at radius 2 is 2.07 bits per heavy atom. The van der Waals surface area contributed by atoms with Crippen molar-refractivity contribution in [1.82, 2.24) is 9.80 Å². The predicted molar refractivity (Wildman–Crippen MR) is 61.5 cm³/mol. The first-order chi connectivity index (χ1) is 7.13. The minimum Gasteiger partial charge on any atom is -0.342 e. The molecule has 88 valence electrons. The van der Waals surface area contributed by atoms with E-state index in [0.29, 0.717) is 5.92 Å². The summed E-state index contributed by atoms with van der Waals surface area (Å²) in [7, 11) is 0. The number of rotatable bonds is 3. The Morgan fingerprint density at radius 1 is 1.33 bits per heavy atom. The summed E-state index contributed by atoms with van der Waals surface area (Å²) < 4.78 is 0. The van der Waals surface area contributed by atoms with E-state index in [0.717, 1.165) is 45.7 Å². The summed E-state index contributed by atoms with van der Waals surface area (Å²) >= 11 is 0. The van der Waals surface area contributed by atoms with E-state index in [4.69, 9.17) is 5.73 Å². The smallest absolute Gasteiger partial charge is 0.219 e. The first kappa shape index (κ1) is 12.5. The third kappa shape index (κ3) is 4.18. The van der Waals surface area contributed by atoms with Crippen molar-refractivity contribution in [2.45, 2.75) is 20.3 Å². The van der Waals surface area contributed by atoms with Crippen LogP contribution in [-0.4, -0.2) is 55.0 Å². The third-order valence-electron chi connectivity index (χ3n) is 3.01. The van der Waals surface area contributed by atoms with Crippen LogP contribution < -0.4 is 5.73 Å². The van der Waals surface area contributed by atoms with Gasteiger partial charge in [-0.05, 0) is 25.4 Å². The van der Waals surface area contributed by atoms with Gasteiger partial charge in [-0.15, -0.1) is 0 Å². The second-order valence-corrected chi connectivity index (χ2v) is 4.50. The highest BCUT2D eigenvalue weighted by Crippen LogP contribution is 2.05. The molecule has 15 heavy (non-hydrogen) atoms. The largest absolute Gasteiger partial charge is 0.342 e. The van der Waals surface area contributed by atoms with Gasteiger partial charge in [0.2, 0.25) is 5.91 Å². The van der Waals surface area contributed by atoms with Gasteiger partial charge in [-0.25, -0.2) is 0 Å². The van der Waals surface area contributed by atoms with Gasteiger partial charge in [0, 0.05) is 33.1 Å². The van der Waals surface area contributed by atoms with Crippen molar-refractivity contribution < 1.29 is 4.79 Å². The molecule has 1 unspecified atom stereocenters. The van der Waals surface area contributed by atoms with Crippen molar-refractivity contribution in [1.29, 1.82) is 0 Å². The molecular formula is C11H23N3O. The lowest BCUT2D eigenvalue weighted by molar-refractivity contribution is -0.128. The monoisotopic (exact) mass is 213 g/mol. The standard InChI is InChI=1S/C11H23N3O/c1-10(8-12)9-13-4-3-5-14(7-6-13)11(2)15/h10H,3-9,12H2,1-2H3. The fourth-order valence-electron chi connectivity index (χ4n) is 1.98. The van der Waals surface area contributed by atoms with Crippen molar-refractivity contribution in [3.8, 4) is 0 Å². The normalized spacial score (nSPS) is 21.1. The Labute approximate surface area is 92.4 Å². The molecule has 0 spiro atoms. The molecule has 1 heterocycles. The molecule has 0 radical (unpaired) electrons. The van der Waals surface area contributed by atoms with Crippen LogP contribution in [-0.2, 0) is 4.79 Å². The maximum absolute atomic E-state index is 11.2. The molecule has 0 aromatic rings. The van der Waals surface area contributed by atoms with Crippen LogP contribution in [0.5, 0.6) is 0 Å². The number of hydrogen-bond donors (Lipinski definition) is 1. The van der Waals surface area contributed by atoms with Gasteiger partial charge in [0.15, 0.2) is 0 Å². The van der Waals surface area contributed by atoms with Crippen molar-refractivity contribution in [2.75, 3.05) is 39.3 Å². The lowest BCUT2D eigenvalue weighted by atomic mass is 10.1. The molecule has 1 amide bonds. The predicted octanol–water partition coefficient (Wildman–Crippen LogP) is 0.135. The van der Waals surface area contributed by atoms with Crippen molar-refractivity contribution in [3.63, 3.8) is 0 Å². The Morgan fingerprint density at radius 3 is 2.67 bits per heavy atom. The number of carbonyl (C=O) groups is 1. The average molecular weight is 213 g/mol. The molecule has 1 aliphatic rings. The van der Waals surface area contributed by atoms with Crippen molar-refractivity contribution in [2.24, 2.45) is 11.7 Å². The topological polar surface area (TPSA) is 49.6 Å². The van der Waals surface area contributed by atoms with Gasteiger partial charge in [0.25, 0.3) is 0 Å². The van der Waals surface area contributed by atoms with Crippen LogP contribution in [0.2, 0.25) is 0 Å². The van der Waals surface area contributed by atoms with Crippen LogP contribution in [0.25, 0.3) is 0 Å². The second kappa shape index (κ2) is 6.08. The highest BCUT2D eigenvalue weighted by atomic mass is 16.2. The summed E-state index contributed by atoms with van der Waals surface area (Å²) in [6, 6.07) is 0. The number of amides is 1. The van der Waals surface area contributed by atoms with E-state index in [1.165, 1.54) is 0 Å². The zero-order valence-corrected chi connectivity index (χ0v) is 9.91. The lowest BCUT2D eigenvalue weighted by Gasteiger charge is -2.23. The second-order valence-electron chi connectivity index (χ2n) is 4.50. The molecule has 4 nitrogen and oxygen atoms in total. The first-order valence-electron chi connectivity index (χ1n) is 5.81. The van der Waals surface area contributed by atoms with Crippen LogP contribution in [0.15, 0.2) is 0 Å². The molecule has 1 saturated heterocycles. The zero-order valence-electron chi connectivity index (χ0n) is 9.91. The number of nitrogens with two attached hydrogens (primary N) is 1. The molecule has 4 heteroatoms. The van der Waals surface area contributed by atoms with Crippen LogP contribution in [0.1, 0.15) is 20.3 Å². The molecule has 1 aliphatic heterocycles. The summed E-state index contributed by atoms with van der Waals surface area (Å²) in [6.45, 7) is 9.48. The van der Waals surface area contributed by atoms with Gasteiger partial charge in [-0.3, -0.25) is 4.79 Å². The molecule has 0 aliphatic carbocycles. The summed E-state index contributed by atoms with van der Waals surface area (Å²) in [4.78, 5) is 15.6. The quantitative estimate of drug-likeness (QED) is 0.725. The van der Waals surface area contributed by atoms with Crippen LogP contribution in [0.4, 0.5) is 0 Å². The fraction of sp³-hybridized carbons (Fsp3) is 0.909. The van der Waals surface area contributed by atoms with E-state index in [2.05, 4.69) is 11.8 Å². The van der Waals surface area contributed by atoms with E-state index in [1.54, 1.807) is 6.92 Å². The van der Waals surface area contributed by atoms with E-state index < -0.39 is 0 Å². The zero-order chi connectivity index (χ0) is 11.3. The average Bonchev–Trinajstić information content (AvgIpc) is 2.43. The van der Waals surface area contributed by atoms with E-state index in [9.17, 15) is 4.79 Å². The van der Waals surface area contributed by atoms with Gasteiger partial charge in [-0.1, -0.05) is 6.92 Å². The van der Waals surface area contributed by atoms with Gasteiger partial charge in [0.05, 0.1) is 0 Å². The van der Waals surface area contributed by atoms with Gasteiger partial charge >= 0.3 is 0 Å². The van der Waals surface area contributed by atoms with Gasteiger partial charge < -0.3 is 15.5 Å². The Balaban J connectivity index is 2.35. The summed E-state index contributed by atoms with van der Waals surface area (Å²) in [6.07, 6.45) is 1.08. The molecule has 0 aromatic carbocycles. The Hall–Kier alpha value is -0.610. The Bertz CT molecular complexity index is 208. The minimum absolute atomic E-state index is 0.198. The van der Waals surface area contributed by atoms with Crippen LogP contribution >= 0.6 is 0 Å². The molecule has 0 bridgehead atoms. The molecule has 2 N–H and O–H groups in total. The van der Waals surface area contributed by atoms with Crippen molar-refractivity contribution in [3.05, 3.63) is 0 Å². The number of carbonyl (C=O) groups excluding carboxylic acids is 1. The highest BCUT2D eigenvalue weighted by Gasteiger charge is 2.17. The summed E-state index contributed by atoms with van der Waals surface area (Å²) in [5.74, 6) is 0.748.